The molecule has 2 N–H and O–H groups in total. The fourth-order valence-electron chi connectivity index (χ4n) is 3.00. The van der Waals surface area contributed by atoms with E-state index in [0.717, 1.165) is 22.6 Å². The Balaban J connectivity index is 1.51. The molecule has 0 atom stereocenters. The Kier molecular flexibility index (Phi) is 5.17. The minimum absolute atomic E-state index is 0.372. The van der Waals surface area contributed by atoms with Gasteiger partial charge in [-0.2, -0.15) is 4.68 Å². The number of urea groups is 1. The summed E-state index contributed by atoms with van der Waals surface area (Å²) in [5.74, 6) is 2.10. The molecule has 4 aromatic rings. The SMILES string of the molecule is COc1cc(NC(=O)Nc2cc(-c3ccc(C)o3)ccc2C)ccc1-n1cnnn1. The molecule has 0 saturated heterocycles. The van der Waals surface area contributed by atoms with Gasteiger partial charge in [-0.1, -0.05) is 12.1 Å². The molecule has 2 aromatic heterocycles. The first kappa shape index (κ1) is 19.2. The molecule has 4 rings (SSSR count). The Bertz CT molecular complexity index is 1180. The lowest BCUT2D eigenvalue weighted by Gasteiger charge is -2.13. The summed E-state index contributed by atoms with van der Waals surface area (Å²) in [6.07, 6.45) is 1.47. The average molecular weight is 404 g/mol. The van der Waals surface area contributed by atoms with E-state index in [-0.39, 0.29) is 6.03 Å². The minimum atomic E-state index is -0.372. The Morgan fingerprint density at radius 1 is 1.07 bits per heavy atom. The highest BCUT2D eigenvalue weighted by Crippen LogP contribution is 2.28. The number of aryl methyl sites for hydroxylation is 2. The van der Waals surface area contributed by atoms with E-state index in [9.17, 15) is 4.79 Å². The number of nitrogens with one attached hydrogen (secondary N) is 2. The van der Waals surface area contributed by atoms with E-state index in [2.05, 4.69) is 26.2 Å². The number of carbonyl (C=O) groups excluding carboxylic acids is 1. The molecule has 9 nitrogen and oxygen atoms in total. The van der Waals surface area contributed by atoms with Gasteiger partial charge in [-0.3, -0.25) is 0 Å². The smallest absolute Gasteiger partial charge is 0.323 e. The van der Waals surface area contributed by atoms with Crippen molar-refractivity contribution in [2.45, 2.75) is 13.8 Å². The summed E-state index contributed by atoms with van der Waals surface area (Å²) < 4.78 is 12.6. The molecule has 2 aromatic carbocycles. The van der Waals surface area contributed by atoms with Crippen molar-refractivity contribution in [2.24, 2.45) is 0 Å². The van der Waals surface area contributed by atoms with E-state index in [1.807, 2.05) is 44.2 Å². The average Bonchev–Trinajstić information content (AvgIpc) is 3.41. The topological polar surface area (TPSA) is 107 Å². The lowest BCUT2D eigenvalue weighted by atomic mass is 10.1. The van der Waals surface area contributed by atoms with E-state index >= 15 is 0 Å². The summed E-state index contributed by atoms with van der Waals surface area (Å²) in [6.45, 7) is 3.82. The molecular weight excluding hydrogens is 384 g/mol. The Hall–Kier alpha value is -4.14. The van der Waals surface area contributed by atoms with Gasteiger partial charge in [0.05, 0.1) is 7.11 Å². The van der Waals surface area contributed by atoms with Crippen molar-refractivity contribution in [2.75, 3.05) is 17.7 Å². The second kappa shape index (κ2) is 8.08. The van der Waals surface area contributed by atoms with Crippen molar-refractivity contribution in [3.05, 3.63) is 66.2 Å². The quantitative estimate of drug-likeness (QED) is 0.516. The highest BCUT2D eigenvalue weighted by atomic mass is 16.5. The van der Waals surface area contributed by atoms with E-state index in [1.165, 1.54) is 18.1 Å². The van der Waals surface area contributed by atoms with Gasteiger partial charge in [-0.05, 0) is 60.2 Å². The van der Waals surface area contributed by atoms with Crippen LogP contribution in [0.4, 0.5) is 16.2 Å². The predicted octanol–water partition coefficient (Wildman–Crippen LogP) is 4.19. The zero-order valence-electron chi connectivity index (χ0n) is 16.7. The molecule has 9 heteroatoms. The largest absolute Gasteiger partial charge is 0.494 e. The number of anilines is 2. The van der Waals surface area contributed by atoms with Gasteiger partial charge in [0.25, 0.3) is 0 Å². The van der Waals surface area contributed by atoms with E-state index in [0.29, 0.717) is 22.8 Å². The van der Waals surface area contributed by atoms with Crippen LogP contribution < -0.4 is 15.4 Å². The third kappa shape index (κ3) is 4.00. The van der Waals surface area contributed by atoms with Gasteiger partial charge in [0.15, 0.2) is 0 Å². The lowest BCUT2D eigenvalue weighted by molar-refractivity contribution is 0.262. The van der Waals surface area contributed by atoms with Crippen molar-refractivity contribution in [3.63, 3.8) is 0 Å². The number of hydrogen-bond donors (Lipinski definition) is 2. The van der Waals surface area contributed by atoms with Crippen LogP contribution in [-0.2, 0) is 0 Å². The third-order valence-corrected chi connectivity index (χ3v) is 4.54. The van der Waals surface area contributed by atoms with Gasteiger partial charge in [0.2, 0.25) is 0 Å². The second-order valence-electron chi connectivity index (χ2n) is 6.66. The number of methoxy groups -OCH3 is 1. The molecule has 30 heavy (non-hydrogen) atoms. The molecular formula is C21H20N6O3. The van der Waals surface area contributed by atoms with Gasteiger partial charge < -0.3 is 19.8 Å². The van der Waals surface area contributed by atoms with Gasteiger partial charge >= 0.3 is 6.03 Å². The maximum atomic E-state index is 12.6. The van der Waals surface area contributed by atoms with Crippen LogP contribution in [0.1, 0.15) is 11.3 Å². The first-order chi connectivity index (χ1) is 14.5. The zero-order valence-corrected chi connectivity index (χ0v) is 16.7. The molecule has 0 bridgehead atoms. The Morgan fingerprint density at radius 3 is 2.63 bits per heavy atom. The lowest BCUT2D eigenvalue weighted by Crippen LogP contribution is -2.20. The second-order valence-corrected chi connectivity index (χ2v) is 6.66. The number of furan rings is 1. The van der Waals surface area contributed by atoms with Crippen LogP contribution in [0.3, 0.4) is 0 Å². The molecule has 152 valence electrons. The molecule has 0 radical (unpaired) electrons. The number of ether oxygens (including phenoxy) is 1. The summed E-state index contributed by atoms with van der Waals surface area (Å²) >= 11 is 0. The first-order valence-corrected chi connectivity index (χ1v) is 9.20. The van der Waals surface area contributed by atoms with Crippen molar-refractivity contribution in [1.82, 2.24) is 20.2 Å². The fourth-order valence-corrected chi connectivity index (χ4v) is 3.00. The van der Waals surface area contributed by atoms with Crippen LogP contribution in [0, 0.1) is 13.8 Å². The standard InChI is InChI=1S/C21H20N6O3/c1-13-4-6-15(19-9-5-14(2)30-19)10-17(13)24-21(28)23-16-7-8-18(20(11-16)29-3)27-12-22-25-26-27/h4-12H,1-3H3,(H2,23,24,28). The molecule has 0 unspecified atom stereocenters. The van der Waals surface area contributed by atoms with Gasteiger partial charge in [-0.15, -0.1) is 5.10 Å². The van der Waals surface area contributed by atoms with E-state index in [1.54, 1.807) is 18.2 Å². The predicted molar refractivity (Wildman–Crippen MR) is 112 cm³/mol. The van der Waals surface area contributed by atoms with Crippen molar-refractivity contribution in [1.29, 1.82) is 0 Å². The third-order valence-electron chi connectivity index (χ3n) is 4.54. The van der Waals surface area contributed by atoms with Gasteiger partial charge in [0, 0.05) is 23.0 Å². The maximum absolute atomic E-state index is 12.6. The van der Waals surface area contributed by atoms with E-state index < -0.39 is 0 Å². The maximum Gasteiger partial charge on any atom is 0.323 e. The van der Waals surface area contributed by atoms with Crippen LogP contribution in [0.15, 0.2) is 59.3 Å². The molecule has 2 heterocycles. The normalized spacial score (nSPS) is 10.6. The molecule has 2 amide bonds. The molecule has 0 aliphatic carbocycles. The minimum Gasteiger partial charge on any atom is -0.494 e. The van der Waals surface area contributed by atoms with Crippen LogP contribution in [0.5, 0.6) is 5.75 Å². The summed E-state index contributed by atoms with van der Waals surface area (Å²) in [4.78, 5) is 12.6. The molecule has 0 saturated carbocycles. The van der Waals surface area contributed by atoms with Crippen LogP contribution in [0.25, 0.3) is 17.0 Å². The van der Waals surface area contributed by atoms with Crippen molar-refractivity contribution < 1.29 is 13.9 Å². The van der Waals surface area contributed by atoms with Crippen molar-refractivity contribution in [3.8, 4) is 22.8 Å². The number of rotatable bonds is 5. The molecule has 0 fully saturated rings. The summed E-state index contributed by atoms with van der Waals surface area (Å²) in [7, 11) is 1.54. The number of aromatic nitrogens is 4. The van der Waals surface area contributed by atoms with Crippen LogP contribution in [0.2, 0.25) is 0 Å². The number of carbonyl (C=O) groups is 1. The number of hydrogen-bond acceptors (Lipinski definition) is 6. The molecule has 0 aliphatic rings. The van der Waals surface area contributed by atoms with Crippen LogP contribution >= 0.6 is 0 Å². The number of tetrazole rings is 1. The fraction of sp³-hybridized carbons (Fsp3) is 0.143. The number of nitrogens with zero attached hydrogens (tertiary/aromatic N) is 4. The summed E-state index contributed by atoms with van der Waals surface area (Å²) in [5, 5.41) is 16.8. The summed E-state index contributed by atoms with van der Waals surface area (Å²) in [5.41, 5.74) is 3.74. The zero-order chi connectivity index (χ0) is 21.1. The number of benzene rings is 2. The number of amides is 2. The Labute approximate surface area is 172 Å². The van der Waals surface area contributed by atoms with Gasteiger partial charge in [0.1, 0.15) is 29.3 Å². The van der Waals surface area contributed by atoms with Crippen LogP contribution in [-0.4, -0.2) is 33.3 Å². The molecule has 0 spiro atoms. The molecule has 0 aliphatic heterocycles. The first-order valence-electron chi connectivity index (χ1n) is 9.20. The highest BCUT2D eigenvalue weighted by Gasteiger charge is 2.12. The highest BCUT2D eigenvalue weighted by molar-refractivity contribution is 6.00. The Morgan fingerprint density at radius 2 is 1.93 bits per heavy atom. The monoisotopic (exact) mass is 404 g/mol. The van der Waals surface area contributed by atoms with E-state index in [4.69, 9.17) is 9.15 Å². The van der Waals surface area contributed by atoms with Gasteiger partial charge in [-0.25, -0.2) is 4.79 Å². The van der Waals surface area contributed by atoms with Crippen molar-refractivity contribution >= 4 is 17.4 Å². The summed E-state index contributed by atoms with van der Waals surface area (Å²) in [6, 6.07) is 14.4.